The fraction of sp³-hybridized carbons (Fsp3) is 0.344. The van der Waals surface area contributed by atoms with E-state index in [1.807, 2.05) is 30.3 Å². The zero-order valence-corrected chi connectivity index (χ0v) is 22.4. The standard InChI is InChI=1S/C32H35N3O4/c1-2-3-7-21-39-27-16-10-23(11-17-27)30(36)28-29(24-9-8-18-33-22-24)35(32(38)31(28)37)26-14-12-25(13-15-26)34-19-5-4-6-20-34/h8-18,22,29,36H,2-7,19-21H2,1H3/b30-28+. The summed E-state index contributed by atoms with van der Waals surface area (Å²) in [6.07, 6.45) is 10.1. The minimum Gasteiger partial charge on any atom is -0.507 e. The SMILES string of the molecule is CCCCCOc1ccc(/C(O)=C2\C(=O)C(=O)N(c3ccc(N4CCCCC4)cc3)C2c2cccnc2)cc1. The van der Waals surface area contributed by atoms with E-state index in [-0.39, 0.29) is 11.3 Å². The number of carbonyl (C=O) groups is 2. The highest BCUT2D eigenvalue weighted by Gasteiger charge is 2.47. The lowest BCUT2D eigenvalue weighted by atomic mass is 9.96. The number of piperidine rings is 1. The molecule has 0 saturated carbocycles. The number of benzene rings is 2. The molecule has 39 heavy (non-hydrogen) atoms. The lowest BCUT2D eigenvalue weighted by Crippen LogP contribution is -2.30. The van der Waals surface area contributed by atoms with Gasteiger partial charge in [0.25, 0.3) is 11.7 Å². The van der Waals surface area contributed by atoms with E-state index in [9.17, 15) is 14.7 Å². The molecule has 3 heterocycles. The van der Waals surface area contributed by atoms with Crippen molar-refractivity contribution in [1.82, 2.24) is 4.98 Å². The highest BCUT2D eigenvalue weighted by atomic mass is 16.5. The molecule has 0 aliphatic carbocycles. The summed E-state index contributed by atoms with van der Waals surface area (Å²) in [5, 5.41) is 11.4. The Bertz CT molecular complexity index is 1310. The summed E-state index contributed by atoms with van der Waals surface area (Å²) in [5.74, 6) is -0.916. The summed E-state index contributed by atoms with van der Waals surface area (Å²) < 4.78 is 5.79. The van der Waals surface area contributed by atoms with Gasteiger partial charge in [0.15, 0.2) is 0 Å². The average Bonchev–Trinajstić information content (AvgIpc) is 3.26. The monoisotopic (exact) mass is 525 g/mol. The molecule has 1 unspecified atom stereocenters. The number of ether oxygens (including phenoxy) is 1. The van der Waals surface area contributed by atoms with Gasteiger partial charge in [-0.1, -0.05) is 25.8 Å². The second-order valence-electron chi connectivity index (χ2n) is 10.1. The summed E-state index contributed by atoms with van der Waals surface area (Å²) in [4.78, 5) is 34.9. The second kappa shape index (κ2) is 12.2. The lowest BCUT2D eigenvalue weighted by Gasteiger charge is -2.30. The highest BCUT2D eigenvalue weighted by Crippen LogP contribution is 2.42. The van der Waals surface area contributed by atoms with Crippen molar-refractivity contribution in [2.45, 2.75) is 51.5 Å². The van der Waals surface area contributed by atoms with Crippen LogP contribution in [0.4, 0.5) is 11.4 Å². The van der Waals surface area contributed by atoms with Gasteiger partial charge in [-0.05, 0) is 85.8 Å². The molecule has 0 radical (unpaired) electrons. The van der Waals surface area contributed by atoms with Crippen LogP contribution in [0.25, 0.3) is 5.76 Å². The molecule has 1 atom stereocenters. The Morgan fingerprint density at radius 2 is 1.67 bits per heavy atom. The number of unbranched alkanes of at least 4 members (excludes halogenated alkanes) is 2. The topological polar surface area (TPSA) is 83.0 Å². The molecule has 7 nitrogen and oxygen atoms in total. The molecular formula is C32H35N3O4. The van der Waals surface area contributed by atoms with Crippen molar-refractivity contribution in [2.75, 3.05) is 29.5 Å². The van der Waals surface area contributed by atoms with Gasteiger partial charge in [0.05, 0.1) is 18.2 Å². The molecule has 202 valence electrons. The van der Waals surface area contributed by atoms with Gasteiger partial charge in [-0.25, -0.2) is 0 Å². The van der Waals surface area contributed by atoms with E-state index in [4.69, 9.17) is 4.74 Å². The summed E-state index contributed by atoms with van der Waals surface area (Å²) in [6.45, 7) is 4.80. The number of anilines is 2. The zero-order valence-electron chi connectivity index (χ0n) is 22.4. The summed E-state index contributed by atoms with van der Waals surface area (Å²) in [6, 6.07) is 17.5. The van der Waals surface area contributed by atoms with Crippen molar-refractivity contribution in [2.24, 2.45) is 0 Å². The number of pyridine rings is 1. The number of rotatable bonds is 9. The van der Waals surface area contributed by atoms with Crippen molar-refractivity contribution >= 4 is 28.8 Å². The molecule has 1 amide bonds. The molecule has 2 aliphatic heterocycles. The molecule has 2 aromatic carbocycles. The third kappa shape index (κ3) is 5.67. The van der Waals surface area contributed by atoms with Gasteiger partial charge >= 0.3 is 0 Å². The van der Waals surface area contributed by atoms with Crippen LogP contribution in [-0.2, 0) is 9.59 Å². The first-order valence-electron chi connectivity index (χ1n) is 13.9. The van der Waals surface area contributed by atoms with Crippen molar-refractivity contribution in [1.29, 1.82) is 0 Å². The molecule has 2 saturated heterocycles. The van der Waals surface area contributed by atoms with Crippen molar-refractivity contribution < 1.29 is 19.4 Å². The second-order valence-corrected chi connectivity index (χ2v) is 10.1. The molecule has 2 fully saturated rings. The fourth-order valence-electron chi connectivity index (χ4n) is 5.33. The van der Waals surface area contributed by atoms with E-state index in [0.717, 1.165) is 38.0 Å². The van der Waals surface area contributed by atoms with E-state index in [0.29, 0.717) is 29.2 Å². The Morgan fingerprint density at radius 1 is 0.949 bits per heavy atom. The van der Waals surface area contributed by atoms with Gasteiger partial charge < -0.3 is 14.7 Å². The van der Waals surface area contributed by atoms with Gasteiger partial charge in [0, 0.05) is 42.4 Å². The maximum Gasteiger partial charge on any atom is 0.300 e. The van der Waals surface area contributed by atoms with Crippen LogP contribution in [0.5, 0.6) is 5.75 Å². The predicted molar refractivity (Wildman–Crippen MR) is 153 cm³/mol. The van der Waals surface area contributed by atoms with E-state index >= 15 is 0 Å². The minimum atomic E-state index is -0.801. The van der Waals surface area contributed by atoms with E-state index < -0.39 is 17.7 Å². The van der Waals surface area contributed by atoms with Gasteiger partial charge in [-0.2, -0.15) is 0 Å². The molecule has 0 spiro atoms. The van der Waals surface area contributed by atoms with Crippen LogP contribution in [-0.4, -0.2) is 41.5 Å². The Morgan fingerprint density at radius 3 is 2.33 bits per heavy atom. The predicted octanol–water partition coefficient (Wildman–Crippen LogP) is 6.27. The third-order valence-electron chi connectivity index (χ3n) is 7.44. The first-order chi connectivity index (χ1) is 19.1. The van der Waals surface area contributed by atoms with E-state index in [2.05, 4.69) is 16.8 Å². The number of nitrogens with zero attached hydrogens (tertiary/aromatic N) is 3. The number of Topliss-reactive ketones (excluding diaryl/α,β-unsaturated/α-hetero) is 1. The minimum absolute atomic E-state index is 0.0460. The molecular weight excluding hydrogens is 490 g/mol. The molecule has 0 bridgehead atoms. The number of aliphatic hydroxyl groups is 1. The average molecular weight is 526 g/mol. The zero-order chi connectivity index (χ0) is 27.2. The number of ketones is 1. The van der Waals surface area contributed by atoms with E-state index in [1.54, 1.807) is 42.7 Å². The quantitative estimate of drug-likeness (QED) is 0.154. The first-order valence-corrected chi connectivity index (χ1v) is 13.9. The van der Waals surface area contributed by atoms with Gasteiger partial charge in [0.1, 0.15) is 11.5 Å². The highest BCUT2D eigenvalue weighted by molar-refractivity contribution is 6.51. The lowest BCUT2D eigenvalue weighted by molar-refractivity contribution is -0.132. The van der Waals surface area contributed by atoms with Crippen molar-refractivity contribution in [3.05, 3.63) is 89.8 Å². The summed E-state index contributed by atoms with van der Waals surface area (Å²) in [5.41, 5.74) is 2.84. The van der Waals surface area contributed by atoms with Gasteiger partial charge in [-0.15, -0.1) is 0 Å². The molecule has 2 aliphatic rings. The van der Waals surface area contributed by atoms with Crippen LogP contribution in [0.1, 0.15) is 62.6 Å². The molecule has 1 aromatic heterocycles. The van der Waals surface area contributed by atoms with Crippen LogP contribution in [0.3, 0.4) is 0 Å². The number of aromatic nitrogens is 1. The maximum atomic E-state index is 13.4. The van der Waals surface area contributed by atoms with Gasteiger partial charge in [-0.3, -0.25) is 19.5 Å². The van der Waals surface area contributed by atoms with Crippen LogP contribution in [0.2, 0.25) is 0 Å². The van der Waals surface area contributed by atoms with Gasteiger partial charge in [0.2, 0.25) is 0 Å². The molecule has 1 N–H and O–H groups in total. The maximum absolute atomic E-state index is 13.4. The number of amides is 1. The van der Waals surface area contributed by atoms with Crippen molar-refractivity contribution in [3.8, 4) is 5.75 Å². The normalized spacial score (nSPS) is 18.9. The molecule has 3 aromatic rings. The molecule has 7 heteroatoms. The fourth-order valence-corrected chi connectivity index (χ4v) is 5.33. The summed E-state index contributed by atoms with van der Waals surface area (Å²) in [7, 11) is 0. The number of hydrogen-bond donors (Lipinski definition) is 1. The third-order valence-corrected chi connectivity index (χ3v) is 7.44. The van der Waals surface area contributed by atoms with Crippen LogP contribution in [0, 0.1) is 0 Å². The molecule has 5 rings (SSSR count). The number of carbonyl (C=O) groups excluding carboxylic acids is 2. The Kier molecular flexibility index (Phi) is 8.25. The number of hydrogen-bond acceptors (Lipinski definition) is 6. The summed E-state index contributed by atoms with van der Waals surface area (Å²) >= 11 is 0. The Balaban J connectivity index is 1.48. The Hall–Kier alpha value is -4.13. The van der Waals surface area contributed by atoms with Crippen LogP contribution >= 0.6 is 0 Å². The van der Waals surface area contributed by atoms with Crippen LogP contribution < -0.4 is 14.5 Å². The van der Waals surface area contributed by atoms with Crippen molar-refractivity contribution in [3.63, 3.8) is 0 Å². The Labute approximate surface area is 229 Å². The van der Waals surface area contributed by atoms with E-state index in [1.165, 1.54) is 24.2 Å². The van der Waals surface area contributed by atoms with Crippen LogP contribution in [0.15, 0.2) is 78.6 Å². The number of aliphatic hydroxyl groups excluding tert-OH is 1. The first kappa shape index (κ1) is 26.5. The smallest absolute Gasteiger partial charge is 0.300 e. The largest absolute Gasteiger partial charge is 0.507 e.